The number of nitrogens with zero attached hydrogens (tertiary/aromatic N) is 2. The molecule has 0 saturated carbocycles. The van der Waals surface area contributed by atoms with Gasteiger partial charge in [0.1, 0.15) is 11.4 Å². The molecular weight excluding hydrogens is 383 g/mol. The zero-order valence-corrected chi connectivity index (χ0v) is 18.7. The summed E-state index contributed by atoms with van der Waals surface area (Å²) in [6, 6.07) is 4.21. The first-order chi connectivity index (χ1) is 16.8. The molecule has 0 spiro atoms. The van der Waals surface area contributed by atoms with E-state index in [9.17, 15) is 4.79 Å². The molecular formula is C22H35BN2O5. The topological polar surface area (TPSA) is 60.5 Å². The third-order valence-electron chi connectivity index (χ3n) is 5.09. The molecule has 0 unspecified atom stereocenters. The van der Waals surface area contributed by atoms with Gasteiger partial charge < -0.3 is 28.6 Å². The summed E-state index contributed by atoms with van der Waals surface area (Å²) in [6.45, 7) is -1.46. The summed E-state index contributed by atoms with van der Waals surface area (Å²) in [5, 5.41) is 0. The molecule has 8 heteroatoms. The number of methoxy groups -OCH3 is 1. The van der Waals surface area contributed by atoms with Gasteiger partial charge in [-0.3, -0.25) is 0 Å². The lowest BCUT2D eigenvalue weighted by Gasteiger charge is -2.37. The molecule has 1 aromatic carbocycles. The maximum absolute atomic E-state index is 12.9. The van der Waals surface area contributed by atoms with Gasteiger partial charge in [-0.05, 0) is 66.1 Å². The van der Waals surface area contributed by atoms with Crippen molar-refractivity contribution >= 4 is 24.4 Å². The third-order valence-corrected chi connectivity index (χ3v) is 5.09. The van der Waals surface area contributed by atoms with E-state index in [4.69, 9.17) is 29.7 Å². The predicted molar refractivity (Wildman–Crippen MR) is 119 cm³/mol. The maximum atomic E-state index is 12.9. The number of hydrogen-bond donors (Lipinski definition) is 0. The van der Waals surface area contributed by atoms with E-state index in [1.807, 2.05) is 27.7 Å². The molecule has 30 heavy (non-hydrogen) atoms. The van der Waals surface area contributed by atoms with E-state index in [0.717, 1.165) is 0 Å². The van der Waals surface area contributed by atoms with Crippen LogP contribution in [0.25, 0.3) is 0 Å². The lowest BCUT2D eigenvalue weighted by atomic mass is 9.79. The molecule has 0 atom stereocenters. The molecule has 2 aliphatic heterocycles. The van der Waals surface area contributed by atoms with Crippen LogP contribution in [0.1, 0.15) is 59.4 Å². The van der Waals surface area contributed by atoms with Gasteiger partial charge in [0.15, 0.2) is 0 Å². The van der Waals surface area contributed by atoms with Gasteiger partial charge in [-0.1, -0.05) is 6.07 Å². The van der Waals surface area contributed by atoms with Crippen LogP contribution >= 0.6 is 0 Å². The number of hydrogen-bond acceptors (Lipinski definition) is 6. The first kappa shape index (κ1) is 14.2. The Labute approximate surface area is 192 Å². The highest BCUT2D eigenvalue weighted by molar-refractivity contribution is 6.62. The zero-order chi connectivity index (χ0) is 29.5. The molecule has 0 aromatic heterocycles. The number of anilines is 1. The average Bonchev–Trinajstić information content (AvgIpc) is 2.92. The summed E-state index contributed by atoms with van der Waals surface area (Å²) < 4.78 is 91.4. The van der Waals surface area contributed by atoms with E-state index < -0.39 is 56.0 Å². The van der Waals surface area contributed by atoms with Crippen LogP contribution in [-0.2, 0) is 14.0 Å². The van der Waals surface area contributed by atoms with Crippen molar-refractivity contribution in [1.29, 1.82) is 0 Å². The Morgan fingerprint density at radius 2 is 1.67 bits per heavy atom. The Balaban J connectivity index is 2.14. The fraction of sp³-hybridized carbons (Fsp3) is 0.682. The second-order valence-corrected chi connectivity index (χ2v) is 9.12. The summed E-state index contributed by atoms with van der Waals surface area (Å²) in [4.78, 5) is 13.1. The number of carbonyl (C=O) groups excluding carboxylic acids is 1. The van der Waals surface area contributed by atoms with E-state index >= 15 is 0 Å². The zero-order valence-electron chi connectivity index (χ0n) is 26.7. The summed E-state index contributed by atoms with van der Waals surface area (Å²) >= 11 is 0. The molecule has 0 bridgehead atoms. The minimum atomic E-state index is -3.39. The summed E-state index contributed by atoms with van der Waals surface area (Å²) in [7, 11) is 0.441. The molecule has 7 nitrogen and oxygen atoms in total. The quantitative estimate of drug-likeness (QED) is 0.693. The van der Waals surface area contributed by atoms with E-state index in [1.165, 1.54) is 46.1 Å². The second kappa shape index (κ2) is 7.96. The number of piperazine rings is 1. The molecule has 166 valence electrons. The largest absolute Gasteiger partial charge is 0.495 e. The number of amides is 1. The van der Waals surface area contributed by atoms with Gasteiger partial charge in [-0.15, -0.1) is 0 Å². The number of carbonyl (C=O) groups is 1. The molecule has 1 aromatic rings. The highest BCUT2D eigenvalue weighted by Gasteiger charge is 2.51. The minimum Gasteiger partial charge on any atom is -0.495 e. The van der Waals surface area contributed by atoms with Crippen molar-refractivity contribution in [1.82, 2.24) is 4.90 Å². The van der Waals surface area contributed by atoms with Crippen LogP contribution in [0.2, 0.25) is 0 Å². The lowest BCUT2D eigenvalue weighted by molar-refractivity contribution is 0.00578. The first-order valence-electron chi connectivity index (χ1n) is 13.7. The Morgan fingerprint density at radius 1 is 1.10 bits per heavy atom. The Bertz CT molecular complexity index is 1070. The molecule has 0 radical (unpaired) electrons. The standard InChI is InChI=1S/C22H35BN2O5/c1-20(2,3)28-19(26)25-13-11-24(12-14-25)17-10-9-16(15-18(17)27-8)23-29-21(4,5)22(6,7)30-23/h9-10,15H,11-14H2,1-8H3/i11D2,12D2,13D2,14D2. The van der Waals surface area contributed by atoms with Crippen LogP contribution in [0, 0.1) is 0 Å². The summed E-state index contributed by atoms with van der Waals surface area (Å²) in [5.41, 5.74) is -2.28. The Morgan fingerprint density at radius 3 is 2.17 bits per heavy atom. The molecule has 2 heterocycles. The van der Waals surface area contributed by atoms with Crippen molar-refractivity contribution in [3.05, 3.63) is 18.2 Å². The summed E-state index contributed by atoms with van der Waals surface area (Å²) in [6.07, 6.45) is -1.54. The highest BCUT2D eigenvalue weighted by atomic mass is 16.7. The van der Waals surface area contributed by atoms with E-state index in [2.05, 4.69) is 0 Å². The predicted octanol–water partition coefficient (Wildman–Crippen LogP) is 3.05. The van der Waals surface area contributed by atoms with Gasteiger partial charge >= 0.3 is 13.2 Å². The molecule has 1 amide bonds. The monoisotopic (exact) mass is 426 g/mol. The van der Waals surface area contributed by atoms with Gasteiger partial charge in [0.25, 0.3) is 0 Å². The van der Waals surface area contributed by atoms with Crippen LogP contribution in [-0.4, -0.2) is 68.0 Å². The highest BCUT2D eigenvalue weighted by Crippen LogP contribution is 2.37. The molecule has 0 aliphatic carbocycles. The van der Waals surface area contributed by atoms with Crippen molar-refractivity contribution in [2.24, 2.45) is 0 Å². The van der Waals surface area contributed by atoms with Crippen LogP contribution in [0.5, 0.6) is 5.75 Å². The smallest absolute Gasteiger partial charge is 0.494 e. The number of ether oxygens (including phenoxy) is 2. The van der Waals surface area contributed by atoms with Gasteiger partial charge in [-0.25, -0.2) is 4.79 Å². The fourth-order valence-electron chi connectivity index (χ4n) is 2.78. The normalized spacial score (nSPS) is 31.7. The van der Waals surface area contributed by atoms with Crippen molar-refractivity contribution in [3.63, 3.8) is 0 Å². The molecule has 2 saturated heterocycles. The van der Waals surface area contributed by atoms with Crippen molar-refractivity contribution in [3.8, 4) is 5.75 Å². The van der Waals surface area contributed by atoms with Crippen molar-refractivity contribution in [2.45, 2.75) is 65.3 Å². The fourth-order valence-corrected chi connectivity index (χ4v) is 2.78. The molecule has 3 rings (SSSR count). The Hall–Kier alpha value is -1.93. The SMILES string of the molecule is [2H]C1([2H])N(C(=O)OC(C)(C)C)C([2H])([2H])C([2H])([2H])N(c2ccc(B3OC(C)(C)C(C)(C)O3)cc2OC)C1([2H])[2H]. The van der Waals surface area contributed by atoms with Crippen molar-refractivity contribution < 1.29 is 34.5 Å². The van der Waals surface area contributed by atoms with E-state index in [1.54, 1.807) is 0 Å². The maximum Gasteiger partial charge on any atom is 0.494 e. The average molecular weight is 426 g/mol. The van der Waals surface area contributed by atoms with Crippen molar-refractivity contribution in [2.75, 3.05) is 38.0 Å². The van der Waals surface area contributed by atoms with Gasteiger partial charge in [-0.2, -0.15) is 0 Å². The van der Waals surface area contributed by atoms with Crippen LogP contribution in [0.15, 0.2) is 18.2 Å². The molecule has 2 aliphatic rings. The van der Waals surface area contributed by atoms with Crippen LogP contribution in [0.3, 0.4) is 0 Å². The van der Waals surface area contributed by atoms with E-state index in [0.29, 0.717) is 10.4 Å². The molecule has 2 fully saturated rings. The first-order valence-corrected chi connectivity index (χ1v) is 9.72. The van der Waals surface area contributed by atoms with Gasteiger partial charge in [0.05, 0.1) is 35.0 Å². The van der Waals surface area contributed by atoms with E-state index in [-0.39, 0.29) is 16.3 Å². The van der Waals surface area contributed by atoms with Gasteiger partial charge in [0, 0.05) is 26.0 Å². The lowest BCUT2D eigenvalue weighted by Crippen LogP contribution is -2.50. The molecule has 0 N–H and O–H groups in total. The number of benzene rings is 1. The minimum absolute atomic E-state index is 0.0812. The summed E-state index contributed by atoms with van der Waals surface area (Å²) in [5.74, 6) is -0.0812. The third kappa shape index (κ3) is 4.70. The second-order valence-electron chi connectivity index (χ2n) is 9.12. The Kier molecular flexibility index (Phi) is 3.77. The van der Waals surface area contributed by atoms with Crippen LogP contribution < -0.4 is 15.1 Å². The van der Waals surface area contributed by atoms with Gasteiger partial charge in [0.2, 0.25) is 0 Å². The number of rotatable bonds is 3. The van der Waals surface area contributed by atoms with Crippen LogP contribution in [0.4, 0.5) is 10.5 Å².